The average molecular weight is 277 g/mol. The van der Waals surface area contributed by atoms with Gasteiger partial charge in [-0.05, 0) is 12.1 Å². The number of nitrogens with zero attached hydrogens (tertiary/aromatic N) is 2. The highest BCUT2D eigenvalue weighted by atomic mass is 35.5. The maximum absolute atomic E-state index is 11.3. The molecular weight excluding hydrogens is 271 g/mol. The molecule has 0 saturated heterocycles. The summed E-state index contributed by atoms with van der Waals surface area (Å²) in [5.41, 5.74) is 0.902. The minimum Gasteiger partial charge on any atom is -0.252 e. The molecule has 4 nitrogen and oxygen atoms in total. The van der Waals surface area contributed by atoms with Gasteiger partial charge in [0.15, 0.2) is 14.9 Å². The smallest absolute Gasteiger partial charge is 0.194 e. The molecule has 0 aliphatic carbocycles. The summed E-state index contributed by atoms with van der Waals surface area (Å²) in [5, 5.41) is 0.586. The van der Waals surface area contributed by atoms with Crippen molar-refractivity contribution >= 4 is 44.1 Å². The fourth-order valence-electron chi connectivity index (χ4n) is 1.17. The summed E-state index contributed by atoms with van der Waals surface area (Å²) in [4.78, 5) is 7.92. The van der Waals surface area contributed by atoms with Crippen LogP contribution in [0.15, 0.2) is 23.4 Å². The molecule has 2 rings (SSSR count). The van der Waals surface area contributed by atoms with Crippen molar-refractivity contribution in [2.75, 3.05) is 6.26 Å². The van der Waals surface area contributed by atoms with Crippen LogP contribution in [0.1, 0.15) is 0 Å². The summed E-state index contributed by atoms with van der Waals surface area (Å²) in [5.74, 6) is 0. The molecule has 2 aromatic rings. The summed E-state index contributed by atoms with van der Waals surface area (Å²) in [6.45, 7) is 0. The molecule has 84 valence electrons. The van der Waals surface area contributed by atoms with Gasteiger partial charge in [-0.25, -0.2) is 13.4 Å². The number of aromatic nitrogens is 2. The van der Waals surface area contributed by atoms with E-state index < -0.39 is 9.84 Å². The first-order valence-corrected chi connectivity index (χ1v) is 6.84. The highest BCUT2D eigenvalue weighted by molar-refractivity contribution is 7.90. The van der Waals surface area contributed by atoms with Crippen LogP contribution in [0.3, 0.4) is 0 Å². The first kappa shape index (κ1) is 11.6. The van der Waals surface area contributed by atoms with Gasteiger partial charge in [0.25, 0.3) is 0 Å². The monoisotopic (exact) mass is 276 g/mol. The Hall–Kier alpha value is -0.910. The lowest BCUT2D eigenvalue weighted by atomic mass is 10.3. The molecule has 0 radical (unpaired) electrons. The molecule has 0 N–H and O–H groups in total. The van der Waals surface area contributed by atoms with Crippen molar-refractivity contribution in [1.29, 1.82) is 0 Å². The Morgan fingerprint density at radius 3 is 2.25 bits per heavy atom. The second-order valence-electron chi connectivity index (χ2n) is 3.24. The number of halogens is 2. The third kappa shape index (κ3) is 2.11. The average Bonchev–Trinajstić information content (AvgIpc) is 2.17. The summed E-state index contributed by atoms with van der Waals surface area (Å²) < 4.78 is 22.5. The standard InChI is InChI=1S/C9H6Cl2N2O2S/c1-16(14,15)9-4-12-7-2-5(10)6(11)3-8(7)13-9/h2-4H,1H3. The zero-order valence-corrected chi connectivity index (χ0v) is 10.4. The lowest BCUT2D eigenvalue weighted by molar-refractivity contribution is 0.598. The van der Waals surface area contributed by atoms with E-state index >= 15 is 0 Å². The molecule has 0 amide bonds. The number of rotatable bonds is 1. The maximum atomic E-state index is 11.3. The summed E-state index contributed by atoms with van der Waals surface area (Å²) in [6, 6.07) is 3.03. The van der Waals surface area contributed by atoms with E-state index in [0.29, 0.717) is 21.1 Å². The topological polar surface area (TPSA) is 59.9 Å². The minimum atomic E-state index is -3.37. The molecule has 16 heavy (non-hydrogen) atoms. The number of hydrogen-bond acceptors (Lipinski definition) is 4. The van der Waals surface area contributed by atoms with Crippen LogP contribution in [0, 0.1) is 0 Å². The van der Waals surface area contributed by atoms with Crippen LogP contribution in [0.4, 0.5) is 0 Å². The van der Waals surface area contributed by atoms with E-state index in [4.69, 9.17) is 23.2 Å². The fraction of sp³-hybridized carbons (Fsp3) is 0.111. The molecule has 0 aliphatic rings. The SMILES string of the molecule is CS(=O)(=O)c1cnc2cc(Cl)c(Cl)cc2n1. The Morgan fingerprint density at radius 2 is 1.69 bits per heavy atom. The quantitative estimate of drug-likeness (QED) is 0.802. The molecule has 0 aliphatic heterocycles. The highest BCUT2D eigenvalue weighted by Crippen LogP contribution is 2.26. The van der Waals surface area contributed by atoms with Crippen molar-refractivity contribution < 1.29 is 8.42 Å². The van der Waals surface area contributed by atoms with E-state index in [1.54, 1.807) is 0 Å². The van der Waals surface area contributed by atoms with Crippen molar-refractivity contribution in [2.45, 2.75) is 5.03 Å². The van der Waals surface area contributed by atoms with Crippen LogP contribution in [-0.2, 0) is 9.84 Å². The van der Waals surface area contributed by atoms with Crippen LogP contribution in [0.5, 0.6) is 0 Å². The molecule has 0 atom stereocenters. The van der Waals surface area contributed by atoms with E-state index in [0.717, 1.165) is 6.26 Å². The normalized spacial score (nSPS) is 11.9. The van der Waals surface area contributed by atoms with Gasteiger partial charge in [-0.1, -0.05) is 23.2 Å². The summed E-state index contributed by atoms with van der Waals surface area (Å²) in [7, 11) is -3.37. The number of benzene rings is 1. The van der Waals surface area contributed by atoms with Crippen molar-refractivity contribution in [3.8, 4) is 0 Å². The largest absolute Gasteiger partial charge is 0.252 e. The highest BCUT2D eigenvalue weighted by Gasteiger charge is 2.11. The van der Waals surface area contributed by atoms with E-state index in [9.17, 15) is 8.42 Å². The molecule has 1 aromatic heterocycles. The Morgan fingerprint density at radius 1 is 1.12 bits per heavy atom. The van der Waals surface area contributed by atoms with Gasteiger partial charge in [-0.3, -0.25) is 4.98 Å². The Labute approximate surface area is 102 Å². The molecular formula is C9H6Cl2N2O2S. The van der Waals surface area contributed by atoms with Crippen LogP contribution < -0.4 is 0 Å². The van der Waals surface area contributed by atoms with Crippen LogP contribution in [-0.4, -0.2) is 24.6 Å². The fourth-order valence-corrected chi connectivity index (χ4v) is 1.99. The number of hydrogen-bond donors (Lipinski definition) is 0. The predicted molar refractivity (Wildman–Crippen MR) is 62.7 cm³/mol. The van der Waals surface area contributed by atoms with E-state index in [1.165, 1.54) is 18.3 Å². The van der Waals surface area contributed by atoms with Crippen LogP contribution in [0.25, 0.3) is 11.0 Å². The number of sulfone groups is 1. The molecule has 0 unspecified atom stereocenters. The Balaban J connectivity index is 2.77. The minimum absolute atomic E-state index is 0.0848. The van der Waals surface area contributed by atoms with Crippen molar-refractivity contribution in [2.24, 2.45) is 0 Å². The molecule has 0 spiro atoms. The molecule has 1 aromatic carbocycles. The van der Waals surface area contributed by atoms with Gasteiger partial charge < -0.3 is 0 Å². The first-order valence-electron chi connectivity index (χ1n) is 4.20. The second kappa shape index (κ2) is 3.84. The zero-order valence-electron chi connectivity index (χ0n) is 8.11. The first-order chi connectivity index (χ1) is 7.38. The van der Waals surface area contributed by atoms with Gasteiger partial charge in [0.05, 0.1) is 27.3 Å². The number of fused-ring (bicyclic) bond motifs is 1. The van der Waals surface area contributed by atoms with Gasteiger partial charge in [-0.15, -0.1) is 0 Å². The van der Waals surface area contributed by atoms with E-state index in [1.807, 2.05) is 0 Å². The van der Waals surface area contributed by atoms with E-state index in [-0.39, 0.29) is 5.03 Å². The van der Waals surface area contributed by atoms with Crippen LogP contribution >= 0.6 is 23.2 Å². The van der Waals surface area contributed by atoms with Crippen molar-refractivity contribution in [3.05, 3.63) is 28.4 Å². The van der Waals surface area contributed by atoms with Gasteiger partial charge in [0, 0.05) is 6.26 Å². The summed E-state index contributed by atoms with van der Waals surface area (Å²) in [6.07, 6.45) is 2.27. The van der Waals surface area contributed by atoms with Crippen molar-refractivity contribution in [1.82, 2.24) is 9.97 Å². The molecule has 1 heterocycles. The lowest BCUT2D eigenvalue weighted by Gasteiger charge is -2.02. The molecule has 7 heteroatoms. The van der Waals surface area contributed by atoms with Crippen LogP contribution in [0.2, 0.25) is 10.0 Å². The maximum Gasteiger partial charge on any atom is 0.194 e. The third-order valence-corrected chi connectivity index (χ3v) is 3.62. The Kier molecular flexibility index (Phi) is 2.77. The van der Waals surface area contributed by atoms with Gasteiger partial charge in [0.2, 0.25) is 0 Å². The van der Waals surface area contributed by atoms with E-state index in [2.05, 4.69) is 9.97 Å². The summed E-state index contributed by atoms with van der Waals surface area (Å²) >= 11 is 11.6. The molecule has 0 saturated carbocycles. The second-order valence-corrected chi connectivity index (χ2v) is 6.01. The van der Waals surface area contributed by atoms with Gasteiger partial charge in [0.1, 0.15) is 0 Å². The molecule has 0 fully saturated rings. The van der Waals surface area contributed by atoms with Crippen molar-refractivity contribution in [3.63, 3.8) is 0 Å². The zero-order chi connectivity index (χ0) is 11.9. The predicted octanol–water partition coefficient (Wildman–Crippen LogP) is 2.34. The van der Waals surface area contributed by atoms with Gasteiger partial charge >= 0.3 is 0 Å². The van der Waals surface area contributed by atoms with Gasteiger partial charge in [-0.2, -0.15) is 0 Å². The Bertz CT molecular complexity index is 671. The third-order valence-electron chi connectivity index (χ3n) is 1.94. The lowest BCUT2D eigenvalue weighted by Crippen LogP contribution is -2.01. The molecule has 0 bridgehead atoms.